The fourth-order valence-electron chi connectivity index (χ4n) is 1.23. The Balaban J connectivity index is 2.46. The molecule has 0 amide bonds. The Hall–Kier alpha value is -0.160. The third-order valence-corrected chi connectivity index (χ3v) is 2.02. The van der Waals surface area contributed by atoms with Crippen molar-refractivity contribution >= 4 is 0 Å². The van der Waals surface area contributed by atoms with Gasteiger partial charge in [0.15, 0.2) is 0 Å². The zero-order chi connectivity index (χ0) is 7.72. The predicted octanol–water partition coefficient (Wildman–Crippen LogP) is -1.84. The number of nitrogens with two attached hydrogens (primary N) is 2. The first-order valence-corrected chi connectivity index (χ1v) is 3.48. The second-order valence-corrected chi connectivity index (χ2v) is 2.93. The van der Waals surface area contributed by atoms with Gasteiger partial charge in [0, 0.05) is 18.5 Å². The third kappa shape index (κ3) is 1.46. The minimum atomic E-state index is -0.588. The maximum atomic E-state index is 9.13. The standard InChI is InChI=1S/C6H14N2O2/c7-3-1-4(8)6(10)2-5(3)9/h3-6,9-10H,1-2,7-8H2/t3-,4+,5+,6-. The molecule has 60 valence electrons. The number of hydrogen-bond acceptors (Lipinski definition) is 4. The summed E-state index contributed by atoms with van der Waals surface area (Å²) in [5.74, 6) is 0. The summed E-state index contributed by atoms with van der Waals surface area (Å²) >= 11 is 0. The largest absolute Gasteiger partial charge is 0.391 e. The minimum absolute atomic E-state index is 0.265. The fraction of sp³-hybridized carbons (Fsp3) is 1.00. The maximum Gasteiger partial charge on any atom is 0.0716 e. The molecular formula is C6H14N2O2. The van der Waals surface area contributed by atoms with Crippen LogP contribution in [-0.4, -0.2) is 34.5 Å². The van der Waals surface area contributed by atoms with Crippen LogP contribution in [0.15, 0.2) is 0 Å². The van der Waals surface area contributed by atoms with Crippen molar-refractivity contribution in [2.75, 3.05) is 0 Å². The maximum absolute atomic E-state index is 9.13. The highest BCUT2D eigenvalue weighted by Crippen LogP contribution is 2.16. The zero-order valence-electron chi connectivity index (χ0n) is 5.77. The van der Waals surface area contributed by atoms with Gasteiger partial charge in [0.2, 0.25) is 0 Å². The quantitative estimate of drug-likeness (QED) is 0.323. The van der Waals surface area contributed by atoms with Gasteiger partial charge < -0.3 is 21.7 Å². The Morgan fingerprint density at radius 1 is 0.900 bits per heavy atom. The van der Waals surface area contributed by atoms with Gasteiger partial charge in [-0.1, -0.05) is 0 Å². The molecule has 0 aromatic carbocycles. The van der Waals surface area contributed by atoms with Crippen LogP contribution in [0.2, 0.25) is 0 Å². The smallest absolute Gasteiger partial charge is 0.0716 e. The molecule has 1 saturated carbocycles. The van der Waals surface area contributed by atoms with Crippen LogP contribution in [0, 0.1) is 0 Å². The Morgan fingerprint density at radius 2 is 1.30 bits per heavy atom. The number of aliphatic hydroxyl groups is 2. The molecule has 0 saturated heterocycles. The van der Waals surface area contributed by atoms with E-state index >= 15 is 0 Å². The number of hydrogen-bond donors (Lipinski definition) is 4. The van der Waals surface area contributed by atoms with Crippen LogP contribution < -0.4 is 11.5 Å². The summed E-state index contributed by atoms with van der Waals surface area (Å²) in [5.41, 5.74) is 11.0. The van der Waals surface area contributed by atoms with Crippen LogP contribution in [-0.2, 0) is 0 Å². The Bertz CT molecular complexity index is 94.3. The van der Waals surface area contributed by atoms with E-state index in [1.807, 2.05) is 0 Å². The van der Waals surface area contributed by atoms with E-state index in [2.05, 4.69) is 0 Å². The van der Waals surface area contributed by atoms with Gasteiger partial charge in [0.1, 0.15) is 0 Å². The van der Waals surface area contributed by atoms with E-state index in [0.29, 0.717) is 12.8 Å². The monoisotopic (exact) mass is 146 g/mol. The Morgan fingerprint density at radius 3 is 1.60 bits per heavy atom. The molecule has 0 unspecified atom stereocenters. The fourth-order valence-corrected chi connectivity index (χ4v) is 1.23. The summed E-state index contributed by atoms with van der Waals surface area (Å²) < 4.78 is 0. The molecule has 4 atom stereocenters. The van der Waals surface area contributed by atoms with Gasteiger partial charge in [-0.25, -0.2) is 0 Å². The first kappa shape index (κ1) is 7.94. The predicted molar refractivity (Wildman–Crippen MR) is 37.2 cm³/mol. The summed E-state index contributed by atoms with van der Waals surface area (Å²) in [6, 6.07) is -0.531. The SMILES string of the molecule is N[C@@H]1C[C@H](N)[C@H](O)C[C@@H]1O. The average molecular weight is 146 g/mol. The average Bonchev–Trinajstić information content (AvgIpc) is 1.84. The molecule has 0 aliphatic heterocycles. The van der Waals surface area contributed by atoms with Crippen LogP contribution in [0.3, 0.4) is 0 Å². The summed E-state index contributed by atoms with van der Waals surface area (Å²) in [6.45, 7) is 0. The summed E-state index contributed by atoms with van der Waals surface area (Å²) in [7, 11) is 0. The molecule has 0 heterocycles. The molecule has 4 nitrogen and oxygen atoms in total. The second kappa shape index (κ2) is 2.84. The lowest BCUT2D eigenvalue weighted by Gasteiger charge is -2.32. The highest BCUT2D eigenvalue weighted by atomic mass is 16.3. The normalized spacial score (nSPS) is 49.2. The number of rotatable bonds is 0. The van der Waals surface area contributed by atoms with Crippen molar-refractivity contribution in [3.05, 3.63) is 0 Å². The van der Waals surface area contributed by atoms with Crippen molar-refractivity contribution < 1.29 is 10.2 Å². The first-order chi connectivity index (χ1) is 4.61. The molecule has 0 bridgehead atoms. The van der Waals surface area contributed by atoms with Crippen molar-refractivity contribution in [1.82, 2.24) is 0 Å². The van der Waals surface area contributed by atoms with Crippen LogP contribution in [0.1, 0.15) is 12.8 Å². The van der Waals surface area contributed by atoms with Crippen molar-refractivity contribution in [3.63, 3.8) is 0 Å². The minimum Gasteiger partial charge on any atom is -0.391 e. The molecule has 1 aliphatic carbocycles. The van der Waals surface area contributed by atoms with Gasteiger partial charge in [-0.15, -0.1) is 0 Å². The van der Waals surface area contributed by atoms with Crippen LogP contribution in [0.4, 0.5) is 0 Å². The van der Waals surface area contributed by atoms with Crippen LogP contribution >= 0.6 is 0 Å². The number of aliphatic hydroxyl groups excluding tert-OH is 2. The van der Waals surface area contributed by atoms with E-state index in [0.717, 1.165) is 0 Å². The van der Waals surface area contributed by atoms with Gasteiger partial charge in [-0.3, -0.25) is 0 Å². The molecule has 0 spiro atoms. The zero-order valence-corrected chi connectivity index (χ0v) is 5.77. The molecule has 1 aliphatic rings. The van der Waals surface area contributed by atoms with Crippen molar-refractivity contribution in [2.24, 2.45) is 11.5 Å². The topological polar surface area (TPSA) is 92.5 Å². The van der Waals surface area contributed by atoms with Crippen molar-refractivity contribution in [2.45, 2.75) is 37.1 Å². The van der Waals surface area contributed by atoms with E-state index in [1.54, 1.807) is 0 Å². The molecule has 10 heavy (non-hydrogen) atoms. The van der Waals surface area contributed by atoms with Gasteiger partial charge in [0.05, 0.1) is 12.2 Å². The lowest BCUT2D eigenvalue weighted by atomic mass is 9.87. The van der Waals surface area contributed by atoms with Crippen LogP contribution in [0.5, 0.6) is 0 Å². The van der Waals surface area contributed by atoms with Gasteiger partial charge in [-0.05, 0) is 6.42 Å². The van der Waals surface area contributed by atoms with Crippen LogP contribution in [0.25, 0.3) is 0 Å². The van der Waals surface area contributed by atoms with Gasteiger partial charge in [-0.2, -0.15) is 0 Å². The lowest BCUT2D eigenvalue weighted by molar-refractivity contribution is 0.0145. The lowest BCUT2D eigenvalue weighted by Crippen LogP contribution is -2.52. The van der Waals surface area contributed by atoms with Crippen molar-refractivity contribution in [3.8, 4) is 0 Å². The highest BCUT2D eigenvalue weighted by molar-refractivity contribution is 4.89. The molecule has 0 radical (unpaired) electrons. The summed E-state index contributed by atoms with van der Waals surface area (Å²) in [5, 5.41) is 18.3. The summed E-state index contributed by atoms with van der Waals surface area (Å²) in [6.07, 6.45) is -0.366. The van der Waals surface area contributed by atoms with E-state index < -0.39 is 12.2 Å². The van der Waals surface area contributed by atoms with Gasteiger partial charge >= 0.3 is 0 Å². The van der Waals surface area contributed by atoms with E-state index in [-0.39, 0.29) is 12.1 Å². The highest BCUT2D eigenvalue weighted by Gasteiger charge is 2.30. The van der Waals surface area contributed by atoms with Gasteiger partial charge in [0.25, 0.3) is 0 Å². The van der Waals surface area contributed by atoms with E-state index in [4.69, 9.17) is 21.7 Å². The molecule has 0 aromatic rings. The molecule has 1 rings (SSSR count). The molecule has 0 aromatic heterocycles. The third-order valence-electron chi connectivity index (χ3n) is 2.02. The van der Waals surface area contributed by atoms with E-state index in [1.165, 1.54) is 0 Å². The molecule has 1 fully saturated rings. The Labute approximate surface area is 59.8 Å². The second-order valence-electron chi connectivity index (χ2n) is 2.93. The molecular weight excluding hydrogens is 132 g/mol. The summed E-state index contributed by atoms with van der Waals surface area (Å²) in [4.78, 5) is 0. The molecule has 4 heteroatoms. The van der Waals surface area contributed by atoms with Crippen molar-refractivity contribution in [1.29, 1.82) is 0 Å². The molecule has 6 N–H and O–H groups in total. The van der Waals surface area contributed by atoms with E-state index in [9.17, 15) is 0 Å². The first-order valence-electron chi connectivity index (χ1n) is 3.48. The Kier molecular flexibility index (Phi) is 2.25.